The Hall–Kier alpha value is -0.290. The first-order chi connectivity index (χ1) is 16.3. The van der Waals surface area contributed by atoms with Gasteiger partial charge in [0, 0.05) is 5.25 Å². The van der Waals surface area contributed by atoms with Crippen LogP contribution in [0.3, 0.4) is 0 Å². The van der Waals surface area contributed by atoms with Crippen LogP contribution in [0.25, 0.3) is 0 Å². The Morgan fingerprint density at radius 1 is 1.06 bits per heavy atom. The van der Waals surface area contributed by atoms with Crippen LogP contribution in [0.15, 0.2) is 23.3 Å². The molecular weight excluding hydrogens is 440 g/mol. The molecule has 4 rings (SSSR count). The average molecular weight is 491 g/mol. The third kappa shape index (κ3) is 6.33. The fourth-order valence-electron chi connectivity index (χ4n) is 8.05. The molecule has 0 bridgehead atoms. The van der Waals surface area contributed by atoms with Crippen molar-refractivity contribution >= 4 is 11.8 Å². The monoisotopic (exact) mass is 490 g/mol. The van der Waals surface area contributed by atoms with Crippen molar-refractivity contribution in [1.29, 1.82) is 0 Å². The minimum Gasteiger partial charge on any atom is -0.393 e. The average Bonchev–Trinajstić information content (AvgIpc) is 3.14. The second kappa shape index (κ2) is 11.8. The number of hydrogen-bond acceptors (Lipinski definition) is 4. The van der Waals surface area contributed by atoms with Crippen molar-refractivity contribution in [3.63, 3.8) is 0 Å². The molecule has 0 radical (unpaired) electrons. The summed E-state index contributed by atoms with van der Waals surface area (Å²) in [4.78, 5) is 0. The van der Waals surface area contributed by atoms with Gasteiger partial charge in [-0.2, -0.15) is 11.8 Å². The first kappa shape index (κ1) is 26.8. The number of fused-ring (bicyclic) bond motifs is 1. The quantitative estimate of drug-likeness (QED) is 0.373. The van der Waals surface area contributed by atoms with Gasteiger partial charge in [0.2, 0.25) is 0 Å². The van der Waals surface area contributed by atoms with Crippen LogP contribution < -0.4 is 0 Å². The van der Waals surface area contributed by atoms with Crippen LogP contribution in [0, 0.1) is 29.1 Å². The molecule has 3 N–H and O–H groups in total. The van der Waals surface area contributed by atoms with Crippen LogP contribution in [0.4, 0.5) is 0 Å². The smallest absolute Gasteiger partial charge is 0.0658 e. The zero-order chi connectivity index (χ0) is 24.3. The summed E-state index contributed by atoms with van der Waals surface area (Å²) in [5.74, 6) is 4.19. The largest absolute Gasteiger partial charge is 0.393 e. The van der Waals surface area contributed by atoms with Gasteiger partial charge < -0.3 is 15.3 Å². The third-order valence-electron chi connectivity index (χ3n) is 9.96. The van der Waals surface area contributed by atoms with E-state index in [-0.39, 0.29) is 18.3 Å². The molecule has 0 aromatic carbocycles. The van der Waals surface area contributed by atoms with E-state index >= 15 is 0 Å². The predicted octanol–water partition coefficient (Wildman–Crippen LogP) is 6.66. The van der Waals surface area contributed by atoms with Crippen molar-refractivity contribution in [1.82, 2.24) is 0 Å². The molecule has 0 aromatic rings. The number of aliphatic hydroxyl groups excluding tert-OH is 3. The van der Waals surface area contributed by atoms with E-state index in [0.29, 0.717) is 35.8 Å². The summed E-state index contributed by atoms with van der Waals surface area (Å²) >= 11 is 2.00. The number of thioether (sulfide) groups is 1. The standard InChI is InChI=1S/C30H50O3S/c1-20-13-15-34-29(16-20)28(33)8-4-6-21(2)26-11-12-27-23(7-5-14-30(26,27)3)10-9-22-17-24(31)19-25(32)18-22/h9-10,20-21,24-29,31-33H,4-8,11-19H2,1-3H3/b23-10+/t20?,21-,24-,25-,26-,27+,28+,29?,30-/m1/s1. The second-order valence-electron chi connectivity index (χ2n) is 12.6. The third-order valence-corrected chi connectivity index (χ3v) is 11.4. The summed E-state index contributed by atoms with van der Waals surface area (Å²) in [5, 5.41) is 31.3. The Bertz CT molecular complexity index is 721. The van der Waals surface area contributed by atoms with Crippen LogP contribution in [-0.4, -0.2) is 44.6 Å². The van der Waals surface area contributed by atoms with Gasteiger partial charge in [-0.3, -0.25) is 0 Å². The molecular formula is C30H50O3S. The van der Waals surface area contributed by atoms with E-state index in [1.807, 2.05) is 11.8 Å². The summed E-state index contributed by atoms with van der Waals surface area (Å²) in [5.41, 5.74) is 3.23. The Labute approximate surface area is 212 Å². The molecule has 0 aromatic heterocycles. The molecule has 3 nitrogen and oxygen atoms in total. The first-order valence-corrected chi connectivity index (χ1v) is 15.4. The fourth-order valence-corrected chi connectivity index (χ4v) is 9.72. The number of rotatable bonds is 7. The molecule has 1 saturated heterocycles. The Kier molecular flexibility index (Phi) is 9.32. The SMILES string of the molecule is CC1CCSC([C@@H](O)CCC[C@@H](C)[C@H]2CC[C@H]3/C(=C/C=C4C[C@@H](O)C[C@H](O)C4)CCC[C@]23C)C1. The number of allylic oxidation sites excluding steroid dienone is 3. The summed E-state index contributed by atoms with van der Waals surface area (Å²) in [6, 6.07) is 0. The van der Waals surface area contributed by atoms with E-state index in [1.54, 1.807) is 5.57 Å². The zero-order valence-corrected chi connectivity index (χ0v) is 22.7. The maximum Gasteiger partial charge on any atom is 0.0658 e. The topological polar surface area (TPSA) is 60.7 Å². The molecule has 0 spiro atoms. The van der Waals surface area contributed by atoms with Gasteiger partial charge in [0.15, 0.2) is 0 Å². The molecule has 194 valence electrons. The van der Waals surface area contributed by atoms with E-state index < -0.39 is 0 Å². The highest BCUT2D eigenvalue weighted by Crippen LogP contribution is 2.60. The highest BCUT2D eigenvalue weighted by molar-refractivity contribution is 8.00. The second-order valence-corrected chi connectivity index (χ2v) is 14.0. The van der Waals surface area contributed by atoms with Crippen LogP contribution in [-0.2, 0) is 0 Å². The summed E-state index contributed by atoms with van der Waals surface area (Å²) in [6.07, 6.45) is 18.0. The molecule has 4 aliphatic rings. The maximum atomic E-state index is 10.8. The molecule has 34 heavy (non-hydrogen) atoms. The first-order valence-electron chi connectivity index (χ1n) is 14.3. The lowest BCUT2D eigenvalue weighted by molar-refractivity contribution is 0.0609. The van der Waals surface area contributed by atoms with Crippen molar-refractivity contribution in [2.75, 3.05) is 5.75 Å². The van der Waals surface area contributed by atoms with E-state index in [0.717, 1.165) is 30.6 Å². The molecule has 1 heterocycles. The molecule has 4 heteroatoms. The molecule has 2 unspecified atom stereocenters. The molecule has 9 atom stereocenters. The Balaban J connectivity index is 1.32. The van der Waals surface area contributed by atoms with E-state index in [9.17, 15) is 15.3 Å². The van der Waals surface area contributed by atoms with Gasteiger partial charge in [-0.25, -0.2) is 0 Å². The molecule has 3 saturated carbocycles. The van der Waals surface area contributed by atoms with Crippen LogP contribution in [0.1, 0.15) is 104 Å². The number of hydrogen-bond donors (Lipinski definition) is 3. The Morgan fingerprint density at radius 2 is 1.82 bits per heavy atom. The zero-order valence-electron chi connectivity index (χ0n) is 21.9. The van der Waals surface area contributed by atoms with E-state index in [2.05, 4.69) is 32.9 Å². The fraction of sp³-hybridized carbons (Fsp3) is 0.867. The lowest BCUT2D eigenvalue weighted by Gasteiger charge is -2.44. The highest BCUT2D eigenvalue weighted by atomic mass is 32.2. The Morgan fingerprint density at radius 3 is 2.56 bits per heavy atom. The molecule has 3 aliphatic carbocycles. The normalized spacial score (nSPS) is 41.8. The lowest BCUT2D eigenvalue weighted by Crippen LogP contribution is -2.36. The highest BCUT2D eigenvalue weighted by Gasteiger charge is 2.50. The van der Waals surface area contributed by atoms with Crippen LogP contribution in [0.5, 0.6) is 0 Å². The van der Waals surface area contributed by atoms with Gasteiger partial charge in [-0.05, 0) is 105 Å². The summed E-state index contributed by atoms with van der Waals surface area (Å²) in [7, 11) is 0. The van der Waals surface area contributed by atoms with E-state index in [4.69, 9.17) is 0 Å². The van der Waals surface area contributed by atoms with Crippen molar-refractivity contribution in [2.24, 2.45) is 29.1 Å². The number of aliphatic hydroxyl groups is 3. The van der Waals surface area contributed by atoms with Gasteiger partial charge in [0.1, 0.15) is 0 Å². The van der Waals surface area contributed by atoms with Crippen LogP contribution in [0.2, 0.25) is 0 Å². The lowest BCUT2D eigenvalue weighted by atomic mass is 9.60. The molecule has 1 aliphatic heterocycles. The van der Waals surface area contributed by atoms with Gasteiger partial charge >= 0.3 is 0 Å². The maximum absolute atomic E-state index is 10.8. The predicted molar refractivity (Wildman–Crippen MR) is 144 cm³/mol. The minimum atomic E-state index is -0.389. The summed E-state index contributed by atoms with van der Waals surface area (Å²) < 4.78 is 0. The van der Waals surface area contributed by atoms with Gasteiger partial charge in [-0.15, -0.1) is 0 Å². The van der Waals surface area contributed by atoms with Gasteiger partial charge in [0.05, 0.1) is 18.3 Å². The minimum absolute atomic E-state index is 0.124. The van der Waals surface area contributed by atoms with Crippen molar-refractivity contribution < 1.29 is 15.3 Å². The van der Waals surface area contributed by atoms with Crippen molar-refractivity contribution in [3.05, 3.63) is 23.3 Å². The van der Waals surface area contributed by atoms with E-state index in [1.165, 1.54) is 62.7 Å². The van der Waals surface area contributed by atoms with Gasteiger partial charge in [0.25, 0.3) is 0 Å². The van der Waals surface area contributed by atoms with Crippen LogP contribution >= 0.6 is 11.8 Å². The van der Waals surface area contributed by atoms with Crippen molar-refractivity contribution in [3.8, 4) is 0 Å². The molecule has 0 amide bonds. The summed E-state index contributed by atoms with van der Waals surface area (Å²) in [6.45, 7) is 7.38. The molecule has 4 fully saturated rings. The van der Waals surface area contributed by atoms with Crippen molar-refractivity contribution in [2.45, 2.75) is 128 Å². The van der Waals surface area contributed by atoms with Gasteiger partial charge in [-0.1, -0.05) is 56.9 Å².